The van der Waals surface area contributed by atoms with Gasteiger partial charge in [-0.25, -0.2) is 0 Å². The van der Waals surface area contributed by atoms with Gasteiger partial charge in [-0.15, -0.1) is 11.3 Å². The van der Waals surface area contributed by atoms with Crippen molar-refractivity contribution < 1.29 is 0 Å². The lowest BCUT2D eigenvalue weighted by molar-refractivity contribution is 1.06. The van der Waals surface area contributed by atoms with Crippen LogP contribution in [0.15, 0.2) is 59.4 Å². The van der Waals surface area contributed by atoms with E-state index in [0.29, 0.717) is 0 Å². The summed E-state index contributed by atoms with van der Waals surface area (Å²) < 4.78 is 2.23. The van der Waals surface area contributed by atoms with Crippen molar-refractivity contribution >= 4 is 31.5 Å². The summed E-state index contributed by atoms with van der Waals surface area (Å²) in [7, 11) is 0. The normalized spacial score (nSPS) is 11.3. The van der Waals surface area contributed by atoms with Gasteiger partial charge in [0.05, 0.1) is 0 Å². The molecule has 0 aliphatic heterocycles. The maximum atomic E-state index is 13.3. The van der Waals surface area contributed by atoms with Crippen LogP contribution in [0, 0.1) is 13.8 Å². The first-order valence-electron chi connectivity index (χ1n) is 9.12. The molecule has 3 aromatic carbocycles. The van der Waals surface area contributed by atoms with Crippen molar-refractivity contribution in [1.82, 2.24) is 0 Å². The number of benzene rings is 3. The topological polar surface area (TPSA) is 17.1 Å². The Kier molecular flexibility index (Phi) is 4.37. The van der Waals surface area contributed by atoms with Crippen molar-refractivity contribution in [2.24, 2.45) is 0 Å². The molecular formula is C24H22OS. The van der Waals surface area contributed by atoms with Crippen molar-refractivity contribution in [2.75, 3.05) is 0 Å². The zero-order valence-corrected chi connectivity index (χ0v) is 16.2. The Morgan fingerprint density at radius 3 is 2.27 bits per heavy atom. The van der Waals surface area contributed by atoms with Gasteiger partial charge in [0.25, 0.3) is 0 Å². The standard InChI is InChI=1S/C24H22OS/c1-4-18-15(2)20(14-17-10-6-5-7-11-17)24-22(16(18)3)23(25)19-12-8-9-13-21(19)26-24/h5-13H,4,14H2,1-3H3. The molecule has 2 heteroatoms. The van der Waals surface area contributed by atoms with Crippen LogP contribution in [0.4, 0.5) is 0 Å². The molecular weight excluding hydrogens is 336 g/mol. The molecule has 0 N–H and O–H groups in total. The Morgan fingerprint density at radius 2 is 1.54 bits per heavy atom. The summed E-state index contributed by atoms with van der Waals surface area (Å²) in [4.78, 5) is 13.3. The first kappa shape index (κ1) is 17.0. The molecule has 0 unspecified atom stereocenters. The van der Waals surface area contributed by atoms with Crippen molar-refractivity contribution in [3.63, 3.8) is 0 Å². The number of aryl methyl sites for hydroxylation is 1. The molecule has 4 rings (SSSR count). The van der Waals surface area contributed by atoms with E-state index < -0.39 is 0 Å². The zero-order valence-electron chi connectivity index (χ0n) is 15.4. The van der Waals surface area contributed by atoms with E-state index in [1.54, 1.807) is 11.3 Å². The second kappa shape index (κ2) is 6.69. The Hall–Kier alpha value is -2.45. The minimum absolute atomic E-state index is 0.177. The average molecular weight is 359 g/mol. The van der Waals surface area contributed by atoms with Gasteiger partial charge in [-0.2, -0.15) is 0 Å². The highest BCUT2D eigenvalue weighted by atomic mass is 32.1. The van der Waals surface area contributed by atoms with Gasteiger partial charge < -0.3 is 0 Å². The second-order valence-corrected chi connectivity index (χ2v) is 7.91. The highest BCUT2D eigenvalue weighted by molar-refractivity contribution is 7.24. The first-order valence-corrected chi connectivity index (χ1v) is 9.93. The van der Waals surface area contributed by atoms with Gasteiger partial charge in [-0.1, -0.05) is 49.4 Å². The SMILES string of the molecule is CCc1c(C)c(Cc2ccccc2)c2sc3ccccc3c(=O)c2c1C. The van der Waals surface area contributed by atoms with Gasteiger partial charge in [-0.3, -0.25) is 4.79 Å². The van der Waals surface area contributed by atoms with E-state index >= 15 is 0 Å². The van der Waals surface area contributed by atoms with Crippen LogP contribution in [0.2, 0.25) is 0 Å². The summed E-state index contributed by atoms with van der Waals surface area (Å²) in [6, 6.07) is 18.5. The van der Waals surface area contributed by atoms with Crippen LogP contribution in [0.5, 0.6) is 0 Å². The Labute approximate surface area is 157 Å². The smallest absolute Gasteiger partial charge is 0.196 e. The fraction of sp³-hybridized carbons (Fsp3) is 0.208. The number of rotatable bonds is 3. The van der Waals surface area contributed by atoms with Crippen LogP contribution in [-0.2, 0) is 12.8 Å². The Bertz CT molecular complexity index is 1170. The van der Waals surface area contributed by atoms with Gasteiger partial charge in [0.15, 0.2) is 5.43 Å². The molecule has 1 aromatic heterocycles. The number of fused-ring (bicyclic) bond motifs is 2. The molecule has 4 aromatic rings. The van der Waals surface area contributed by atoms with E-state index in [1.165, 1.54) is 22.3 Å². The van der Waals surface area contributed by atoms with Crippen molar-refractivity contribution in [1.29, 1.82) is 0 Å². The van der Waals surface area contributed by atoms with Gasteiger partial charge in [-0.05, 0) is 66.6 Å². The van der Waals surface area contributed by atoms with E-state index in [1.807, 2.05) is 24.3 Å². The monoisotopic (exact) mass is 358 g/mol. The van der Waals surface area contributed by atoms with Gasteiger partial charge >= 0.3 is 0 Å². The number of hydrogen-bond acceptors (Lipinski definition) is 2. The predicted octanol–water partition coefficient (Wildman–Crippen LogP) is 6.18. The van der Waals surface area contributed by atoms with Crippen molar-refractivity contribution in [2.45, 2.75) is 33.6 Å². The molecule has 0 radical (unpaired) electrons. The summed E-state index contributed by atoms with van der Waals surface area (Å²) in [6.07, 6.45) is 1.82. The molecule has 0 aliphatic carbocycles. The molecule has 1 nitrogen and oxygen atoms in total. The Balaban J connectivity index is 2.14. The summed E-state index contributed by atoms with van der Waals surface area (Å²) >= 11 is 1.76. The molecule has 0 aliphatic rings. The van der Waals surface area contributed by atoms with Crippen molar-refractivity contribution in [3.05, 3.63) is 92.6 Å². The molecule has 130 valence electrons. The molecule has 0 saturated carbocycles. The van der Waals surface area contributed by atoms with Crippen LogP contribution in [-0.4, -0.2) is 0 Å². The van der Waals surface area contributed by atoms with E-state index in [4.69, 9.17) is 0 Å². The second-order valence-electron chi connectivity index (χ2n) is 6.85. The maximum absolute atomic E-state index is 13.3. The van der Waals surface area contributed by atoms with Gasteiger partial charge in [0, 0.05) is 20.2 Å². The van der Waals surface area contributed by atoms with Gasteiger partial charge in [0.1, 0.15) is 0 Å². The molecule has 1 heterocycles. The van der Waals surface area contributed by atoms with Crippen LogP contribution in [0.25, 0.3) is 20.2 Å². The van der Waals surface area contributed by atoms with E-state index in [0.717, 1.165) is 38.6 Å². The van der Waals surface area contributed by atoms with Crippen LogP contribution in [0.1, 0.15) is 34.7 Å². The van der Waals surface area contributed by atoms with Crippen LogP contribution in [0.3, 0.4) is 0 Å². The third kappa shape index (κ3) is 2.65. The predicted molar refractivity (Wildman–Crippen MR) is 114 cm³/mol. The lowest BCUT2D eigenvalue weighted by atomic mass is 9.89. The van der Waals surface area contributed by atoms with Crippen LogP contribution >= 0.6 is 11.3 Å². The molecule has 0 fully saturated rings. The fourth-order valence-corrected chi connectivity index (χ4v) is 5.36. The highest BCUT2D eigenvalue weighted by Crippen LogP contribution is 2.35. The number of hydrogen-bond donors (Lipinski definition) is 0. The minimum Gasteiger partial charge on any atom is -0.288 e. The third-order valence-corrected chi connectivity index (χ3v) is 6.61. The molecule has 0 atom stereocenters. The molecule has 0 amide bonds. The lowest BCUT2D eigenvalue weighted by Crippen LogP contribution is -2.09. The molecule has 0 spiro atoms. The van der Waals surface area contributed by atoms with Crippen molar-refractivity contribution in [3.8, 4) is 0 Å². The van der Waals surface area contributed by atoms with E-state index in [2.05, 4.69) is 51.1 Å². The highest BCUT2D eigenvalue weighted by Gasteiger charge is 2.18. The average Bonchev–Trinajstić information content (AvgIpc) is 2.66. The third-order valence-electron chi connectivity index (χ3n) is 5.38. The van der Waals surface area contributed by atoms with Gasteiger partial charge in [0.2, 0.25) is 0 Å². The quantitative estimate of drug-likeness (QED) is 0.399. The minimum atomic E-state index is 0.177. The molecule has 26 heavy (non-hydrogen) atoms. The summed E-state index contributed by atoms with van der Waals surface area (Å²) in [5, 5.41) is 1.76. The van der Waals surface area contributed by atoms with E-state index in [9.17, 15) is 4.79 Å². The Morgan fingerprint density at radius 1 is 0.846 bits per heavy atom. The summed E-state index contributed by atoms with van der Waals surface area (Å²) in [5.74, 6) is 0. The fourth-order valence-electron chi connectivity index (χ4n) is 4.02. The molecule has 0 saturated heterocycles. The first-order chi connectivity index (χ1) is 12.6. The summed E-state index contributed by atoms with van der Waals surface area (Å²) in [6.45, 7) is 6.52. The van der Waals surface area contributed by atoms with Crippen LogP contribution < -0.4 is 5.43 Å². The van der Waals surface area contributed by atoms with E-state index in [-0.39, 0.29) is 5.43 Å². The largest absolute Gasteiger partial charge is 0.288 e. The lowest BCUT2D eigenvalue weighted by Gasteiger charge is -2.18. The zero-order chi connectivity index (χ0) is 18.3. The molecule has 0 bridgehead atoms. The maximum Gasteiger partial charge on any atom is 0.196 e. The summed E-state index contributed by atoms with van der Waals surface area (Å²) in [5.41, 5.74) is 6.59.